The van der Waals surface area contributed by atoms with Crippen molar-refractivity contribution in [1.29, 1.82) is 0 Å². The van der Waals surface area contributed by atoms with Gasteiger partial charge in [0.25, 0.3) is 0 Å². The van der Waals surface area contributed by atoms with Gasteiger partial charge < -0.3 is 24.1 Å². The minimum absolute atomic E-state index is 0.0985. The average Bonchev–Trinajstić information content (AvgIpc) is 3.16. The molecule has 0 spiro atoms. The van der Waals surface area contributed by atoms with Crippen LogP contribution in [0.1, 0.15) is 24.7 Å². The zero-order valence-corrected chi connectivity index (χ0v) is 15.3. The van der Waals surface area contributed by atoms with E-state index in [-0.39, 0.29) is 18.2 Å². The number of carbonyl (C=O) groups is 2. The van der Waals surface area contributed by atoms with Crippen LogP contribution in [0.15, 0.2) is 41.0 Å². The lowest BCUT2D eigenvalue weighted by atomic mass is 10.1. The first-order valence-electron chi connectivity index (χ1n) is 8.29. The highest BCUT2D eigenvalue weighted by molar-refractivity contribution is 5.78. The molecule has 2 amide bonds. The van der Waals surface area contributed by atoms with Crippen molar-refractivity contribution in [2.75, 3.05) is 20.8 Å². The number of methoxy groups -OCH3 is 2. The normalized spacial score (nSPS) is 10.3. The Labute approximate surface area is 152 Å². The van der Waals surface area contributed by atoms with E-state index in [1.54, 1.807) is 43.6 Å². The van der Waals surface area contributed by atoms with Gasteiger partial charge in [0.2, 0.25) is 11.8 Å². The highest BCUT2D eigenvalue weighted by Gasteiger charge is 2.14. The molecule has 1 heterocycles. The fraction of sp³-hybridized carbons (Fsp3) is 0.368. The van der Waals surface area contributed by atoms with Crippen LogP contribution in [-0.2, 0) is 22.7 Å². The maximum Gasteiger partial charge on any atom is 0.222 e. The Morgan fingerprint density at radius 1 is 1.15 bits per heavy atom. The molecule has 7 heteroatoms. The van der Waals surface area contributed by atoms with Crippen molar-refractivity contribution >= 4 is 11.8 Å². The van der Waals surface area contributed by atoms with Gasteiger partial charge in [-0.2, -0.15) is 0 Å². The molecule has 26 heavy (non-hydrogen) atoms. The molecule has 0 radical (unpaired) electrons. The molecule has 0 aliphatic heterocycles. The number of benzene rings is 1. The highest BCUT2D eigenvalue weighted by atomic mass is 16.5. The Balaban J connectivity index is 1.90. The van der Waals surface area contributed by atoms with Crippen LogP contribution < -0.4 is 14.8 Å². The van der Waals surface area contributed by atoms with E-state index in [1.807, 2.05) is 12.1 Å². The first kappa shape index (κ1) is 19.4. The molecule has 0 bridgehead atoms. The Hall–Kier alpha value is -2.96. The van der Waals surface area contributed by atoms with E-state index < -0.39 is 0 Å². The standard InChI is InChI=1S/C19H24N2O5/c1-14(22)21(9-8-19(23)20-12-16-5-4-10-26-16)13-15-6-7-17(24-2)18(11-15)25-3/h4-7,10-11H,8-9,12-13H2,1-3H3,(H,20,23). The van der Waals surface area contributed by atoms with Crippen LogP contribution in [0.25, 0.3) is 0 Å². The second kappa shape index (κ2) is 9.50. The third kappa shape index (κ3) is 5.54. The van der Waals surface area contributed by atoms with Gasteiger partial charge in [0, 0.05) is 26.4 Å². The SMILES string of the molecule is COc1ccc(CN(CCC(=O)NCc2ccco2)C(C)=O)cc1OC. The third-order valence-electron chi connectivity index (χ3n) is 3.92. The fourth-order valence-corrected chi connectivity index (χ4v) is 2.47. The minimum Gasteiger partial charge on any atom is -0.493 e. The summed E-state index contributed by atoms with van der Waals surface area (Å²) < 4.78 is 15.7. The smallest absolute Gasteiger partial charge is 0.222 e. The Bertz CT molecular complexity index is 728. The maximum atomic E-state index is 12.0. The maximum absolute atomic E-state index is 12.0. The van der Waals surface area contributed by atoms with Gasteiger partial charge in [-0.1, -0.05) is 6.07 Å². The van der Waals surface area contributed by atoms with Crippen molar-refractivity contribution in [2.24, 2.45) is 0 Å². The largest absolute Gasteiger partial charge is 0.493 e. The second-order valence-electron chi connectivity index (χ2n) is 5.74. The summed E-state index contributed by atoms with van der Waals surface area (Å²) in [5.74, 6) is 1.68. The summed E-state index contributed by atoms with van der Waals surface area (Å²) >= 11 is 0. The quantitative estimate of drug-likeness (QED) is 0.742. The molecule has 1 N–H and O–H groups in total. The zero-order chi connectivity index (χ0) is 18.9. The molecule has 0 saturated carbocycles. The van der Waals surface area contributed by atoms with Gasteiger partial charge in [-0.05, 0) is 29.8 Å². The summed E-state index contributed by atoms with van der Waals surface area (Å²) in [6.45, 7) is 2.54. The van der Waals surface area contributed by atoms with Gasteiger partial charge in [-0.25, -0.2) is 0 Å². The summed E-state index contributed by atoms with van der Waals surface area (Å²) in [6, 6.07) is 9.05. The van der Waals surface area contributed by atoms with Gasteiger partial charge in [0.15, 0.2) is 11.5 Å². The first-order valence-corrected chi connectivity index (χ1v) is 8.29. The lowest BCUT2D eigenvalue weighted by Crippen LogP contribution is -2.33. The number of hydrogen-bond acceptors (Lipinski definition) is 5. The van der Waals surface area contributed by atoms with Gasteiger partial charge in [0.05, 0.1) is 27.0 Å². The Kier molecular flexibility index (Phi) is 7.08. The predicted molar refractivity (Wildman–Crippen MR) is 95.8 cm³/mol. The van der Waals surface area contributed by atoms with Crippen molar-refractivity contribution in [2.45, 2.75) is 26.4 Å². The Morgan fingerprint density at radius 2 is 1.92 bits per heavy atom. The molecule has 0 atom stereocenters. The van der Waals surface area contributed by atoms with Crippen LogP contribution in [-0.4, -0.2) is 37.5 Å². The molecule has 0 unspecified atom stereocenters. The van der Waals surface area contributed by atoms with Crippen LogP contribution in [0, 0.1) is 0 Å². The van der Waals surface area contributed by atoms with Crippen molar-refractivity contribution in [3.63, 3.8) is 0 Å². The number of ether oxygens (including phenoxy) is 2. The second-order valence-corrected chi connectivity index (χ2v) is 5.74. The molecule has 1 aromatic carbocycles. The first-order chi connectivity index (χ1) is 12.5. The van der Waals surface area contributed by atoms with Crippen molar-refractivity contribution in [3.05, 3.63) is 47.9 Å². The summed E-state index contributed by atoms with van der Waals surface area (Å²) in [5, 5.41) is 2.77. The Morgan fingerprint density at radius 3 is 2.54 bits per heavy atom. The van der Waals surface area contributed by atoms with Crippen LogP contribution >= 0.6 is 0 Å². The number of furan rings is 1. The predicted octanol–water partition coefficient (Wildman–Crippen LogP) is 2.35. The van der Waals surface area contributed by atoms with Crippen molar-refractivity contribution in [3.8, 4) is 11.5 Å². The molecule has 140 valence electrons. The molecule has 2 aromatic rings. The van der Waals surface area contributed by atoms with Crippen LogP contribution in [0.2, 0.25) is 0 Å². The molecule has 1 aromatic heterocycles. The van der Waals surface area contributed by atoms with E-state index in [1.165, 1.54) is 6.92 Å². The van der Waals surface area contributed by atoms with Crippen LogP contribution in [0.5, 0.6) is 11.5 Å². The molecule has 0 aliphatic carbocycles. The van der Waals surface area contributed by atoms with Crippen LogP contribution in [0.4, 0.5) is 0 Å². The summed E-state index contributed by atoms with van der Waals surface area (Å²) in [5.41, 5.74) is 0.897. The summed E-state index contributed by atoms with van der Waals surface area (Å²) in [4.78, 5) is 25.5. The van der Waals surface area contributed by atoms with Gasteiger partial charge in [-0.15, -0.1) is 0 Å². The number of nitrogens with zero attached hydrogens (tertiary/aromatic N) is 1. The number of carbonyl (C=O) groups excluding carboxylic acids is 2. The highest BCUT2D eigenvalue weighted by Crippen LogP contribution is 2.28. The number of hydrogen-bond donors (Lipinski definition) is 1. The van der Waals surface area contributed by atoms with Gasteiger partial charge in [0.1, 0.15) is 5.76 Å². The lowest BCUT2D eigenvalue weighted by molar-refractivity contribution is -0.130. The van der Waals surface area contributed by atoms with Gasteiger partial charge in [-0.3, -0.25) is 9.59 Å². The molecule has 0 saturated heterocycles. The number of rotatable bonds is 9. The van der Waals surface area contributed by atoms with Gasteiger partial charge >= 0.3 is 0 Å². The lowest BCUT2D eigenvalue weighted by Gasteiger charge is -2.21. The minimum atomic E-state index is -0.139. The number of amides is 2. The number of nitrogens with one attached hydrogen (secondary N) is 1. The van der Waals surface area contributed by atoms with Crippen LogP contribution in [0.3, 0.4) is 0 Å². The molecular weight excluding hydrogens is 336 g/mol. The van der Waals surface area contributed by atoms with E-state index >= 15 is 0 Å². The summed E-state index contributed by atoms with van der Waals surface area (Å²) in [7, 11) is 3.13. The molecular formula is C19H24N2O5. The molecule has 7 nitrogen and oxygen atoms in total. The van der Waals surface area contributed by atoms with E-state index in [0.29, 0.717) is 36.9 Å². The van der Waals surface area contributed by atoms with Crippen molar-refractivity contribution < 1.29 is 23.5 Å². The molecule has 0 fully saturated rings. The zero-order valence-electron chi connectivity index (χ0n) is 15.3. The van der Waals surface area contributed by atoms with Crippen molar-refractivity contribution in [1.82, 2.24) is 10.2 Å². The summed E-state index contributed by atoms with van der Waals surface area (Å²) in [6.07, 6.45) is 1.77. The molecule has 0 aliphatic rings. The molecule has 2 rings (SSSR count). The van der Waals surface area contributed by atoms with E-state index in [2.05, 4.69) is 5.32 Å². The fourth-order valence-electron chi connectivity index (χ4n) is 2.47. The van der Waals surface area contributed by atoms with E-state index in [0.717, 1.165) is 5.56 Å². The topological polar surface area (TPSA) is 81.0 Å². The van der Waals surface area contributed by atoms with E-state index in [4.69, 9.17) is 13.9 Å². The third-order valence-corrected chi connectivity index (χ3v) is 3.92. The average molecular weight is 360 g/mol. The monoisotopic (exact) mass is 360 g/mol. The van der Waals surface area contributed by atoms with E-state index in [9.17, 15) is 9.59 Å².